The molecule has 0 unspecified atom stereocenters. The molecular weight excluding hydrogens is 322 g/mol. The van der Waals surface area contributed by atoms with E-state index in [1.165, 1.54) is 24.0 Å². The Morgan fingerprint density at radius 2 is 2.00 bits per heavy atom. The number of unbranched alkanes of at least 4 members (excludes halogenated alkanes) is 1. The fourth-order valence-electron chi connectivity index (χ4n) is 3.05. The summed E-state index contributed by atoms with van der Waals surface area (Å²) in [6, 6.07) is 11.2. The van der Waals surface area contributed by atoms with Crippen LogP contribution in [0.1, 0.15) is 49.2 Å². The van der Waals surface area contributed by atoms with Crippen molar-refractivity contribution >= 4 is 0 Å². The number of aryl methyl sites for hydroxylation is 2. The van der Waals surface area contributed by atoms with Crippen LogP contribution >= 0.6 is 0 Å². The van der Waals surface area contributed by atoms with Gasteiger partial charge in [-0.15, -0.1) is 0 Å². The van der Waals surface area contributed by atoms with Crippen molar-refractivity contribution in [2.75, 3.05) is 0 Å². The lowest BCUT2D eigenvalue weighted by molar-refractivity contribution is 0.540. The van der Waals surface area contributed by atoms with E-state index in [1.54, 1.807) is 0 Å². The second-order valence-corrected chi connectivity index (χ2v) is 7.09. The van der Waals surface area contributed by atoms with Gasteiger partial charge in [0.2, 0.25) is 0 Å². The molecule has 0 radical (unpaired) electrons. The van der Waals surface area contributed by atoms with E-state index in [2.05, 4.69) is 71.0 Å². The van der Waals surface area contributed by atoms with Gasteiger partial charge in [-0.3, -0.25) is 5.10 Å². The highest BCUT2D eigenvalue weighted by Gasteiger charge is 2.07. The van der Waals surface area contributed by atoms with E-state index in [-0.39, 0.29) is 0 Å². The van der Waals surface area contributed by atoms with Gasteiger partial charge in [0.1, 0.15) is 0 Å². The summed E-state index contributed by atoms with van der Waals surface area (Å²) in [5.41, 5.74) is 5.89. The van der Waals surface area contributed by atoms with Gasteiger partial charge in [-0.05, 0) is 50.5 Å². The third-order valence-corrected chi connectivity index (χ3v) is 4.58. The maximum Gasteiger partial charge on any atom is 0.0645 e. The Morgan fingerprint density at radius 1 is 1.19 bits per heavy atom. The van der Waals surface area contributed by atoms with E-state index in [1.807, 2.05) is 17.8 Å². The van der Waals surface area contributed by atoms with Gasteiger partial charge < -0.3 is 5.32 Å². The number of hydrogen-bond donors (Lipinski definition) is 2. The maximum atomic E-state index is 4.50. The summed E-state index contributed by atoms with van der Waals surface area (Å²) in [5, 5.41) is 15.3. The van der Waals surface area contributed by atoms with Gasteiger partial charge >= 0.3 is 0 Å². The Balaban J connectivity index is 1.52. The third kappa shape index (κ3) is 5.05. The molecule has 138 valence electrons. The van der Waals surface area contributed by atoms with Gasteiger partial charge in [0.25, 0.3) is 0 Å². The van der Waals surface area contributed by atoms with Crippen molar-refractivity contribution in [3.05, 3.63) is 65.2 Å². The first-order valence-corrected chi connectivity index (χ1v) is 9.51. The molecule has 0 aliphatic carbocycles. The van der Waals surface area contributed by atoms with Crippen LogP contribution in [0, 0.1) is 6.92 Å². The molecule has 0 saturated heterocycles. The predicted octanol–water partition coefficient (Wildman–Crippen LogP) is 3.97. The molecule has 5 nitrogen and oxygen atoms in total. The topological polar surface area (TPSA) is 58.5 Å². The largest absolute Gasteiger partial charge is 0.310 e. The van der Waals surface area contributed by atoms with Crippen LogP contribution in [0.25, 0.3) is 5.69 Å². The van der Waals surface area contributed by atoms with Crippen molar-refractivity contribution in [2.24, 2.45) is 0 Å². The van der Waals surface area contributed by atoms with Crippen molar-refractivity contribution in [2.45, 2.75) is 59.0 Å². The number of rotatable bonds is 9. The zero-order valence-corrected chi connectivity index (χ0v) is 16.0. The molecule has 0 bridgehead atoms. The first-order valence-electron chi connectivity index (χ1n) is 9.51. The molecule has 26 heavy (non-hydrogen) atoms. The van der Waals surface area contributed by atoms with E-state index >= 15 is 0 Å². The monoisotopic (exact) mass is 351 g/mol. The Hall–Kier alpha value is -2.40. The van der Waals surface area contributed by atoms with E-state index in [0.29, 0.717) is 6.04 Å². The molecule has 0 amide bonds. The molecule has 3 aromatic rings. The molecule has 2 N–H and O–H groups in total. The van der Waals surface area contributed by atoms with Crippen LogP contribution in [-0.4, -0.2) is 26.0 Å². The minimum absolute atomic E-state index is 0.360. The highest BCUT2D eigenvalue weighted by atomic mass is 15.3. The first-order chi connectivity index (χ1) is 12.6. The fraction of sp³-hybridized carbons (Fsp3) is 0.429. The van der Waals surface area contributed by atoms with Gasteiger partial charge in [-0.1, -0.05) is 25.5 Å². The number of hydrogen-bond acceptors (Lipinski definition) is 3. The minimum Gasteiger partial charge on any atom is -0.310 e. The molecule has 0 aliphatic heterocycles. The van der Waals surface area contributed by atoms with Crippen molar-refractivity contribution in [3.63, 3.8) is 0 Å². The maximum absolute atomic E-state index is 4.50. The Bertz CT molecular complexity index is 800. The molecule has 0 aliphatic rings. The summed E-state index contributed by atoms with van der Waals surface area (Å²) in [6.45, 7) is 7.24. The second-order valence-electron chi connectivity index (χ2n) is 7.09. The van der Waals surface area contributed by atoms with E-state index in [4.69, 9.17) is 0 Å². The van der Waals surface area contributed by atoms with Gasteiger partial charge in [-0.25, -0.2) is 4.68 Å². The third-order valence-electron chi connectivity index (χ3n) is 4.58. The Labute approximate surface area is 155 Å². The highest BCUT2D eigenvalue weighted by molar-refractivity contribution is 5.34. The van der Waals surface area contributed by atoms with Crippen molar-refractivity contribution in [1.82, 2.24) is 25.3 Å². The molecule has 0 saturated carbocycles. The minimum atomic E-state index is 0.360. The summed E-state index contributed by atoms with van der Waals surface area (Å²) in [4.78, 5) is 0. The van der Waals surface area contributed by atoms with Gasteiger partial charge in [0.05, 0.1) is 17.6 Å². The quantitative estimate of drug-likeness (QED) is 0.613. The fourth-order valence-corrected chi connectivity index (χ4v) is 3.05. The molecule has 5 heteroatoms. The van der Waals surface area contributed by atoms with Gasteiger partial charge in [-0.2, -0.15) is 10.2 Å². The summed E-state index contributed by atoms with van der Waals surface area (Å²) in [7, 11) is 0. The number of aromatic nitrogens is 4. The lowest BCUT2D eigenvalue weighted by atomic mass is 10.1. The van der Waals surface area contributed by atoms with Crippen LogP contribution in [-0.2, 0) is 19.4 Å². The summed E-state index contributed by atoms with van der Waals surface area (Å²) < 4.78 is 1.95. The number of benzene rings is 1. The average molecular weight is 351 g/mol. The lowest BCUT2D eigenvalue weighted by Gasteiger charge is -2.11. The van der Waals surface area contributed by atoms with Crippen LogP contribution in [0.4, 0.5) is 0 Å². The normalized spacial score (nSPS) is 12.4. The van der Waals surface area contributed by atoms with Gasteiger partial charge in [0.15, 0.2) is 0 Å². The van der Waals surface area contributed by atoms with E-state index < -0.39 is 0 Å². The predicted molar refractivity (Wildman–Crippen MR) is 106 cm³/mol. The summed E-state index contributed by atoms with van der Waals surface area (Å²) >= 11 is 0. The van der Waals surface area contributed by atoms with Crippen molar-refractivity contribution < 1.29 is 0 Å². The molecular formula is C21H29N5. The number of nitrogens with one attached hydrogen (secondary N) is 2. The standard InChI is InChI=1S/C21H29N5/c1-4-5-6-18-7-9-21(10-8-18)26-15-19(14-23-26)13-22-16(2)11-20-12-17(3)24-25-20/h7-10,12,14-16,22H,4-6,11,13H2,1-3H3,(H,24,25)/t16-/m0/s1. The zero-order valence-electron chi connectivity index (χ0n) is 16.0. The van der Waals surface area contributed by atoms with Crippen LogP contribution < -0.4 is 5.32 Å². The number of H-pyrrole nitrogens is 1. The molecule has 1 aromatic carbocycles. The van der Waals surface area contributed by atoms with E-state index in [9.17, 15) is 0 Å². The Morgan fingerprint density at radius 3 is 2.69 bits per heavy atom. The molecule has 2 aromatic heterocycles. The molecule has 3 rings (SSSR count). The highest BCUT2D eigenvalue weighted by Crippen LogP contribution is 2.12. The van der Waals surface area contributed by atoms with E-state index in [0.717, 1.165) is 36.5 Å². The number of nitrogens with zero attached hydrogens (tertiary/aromatic N) is 3. The molecule has 2 heterocycles. The van der Waals surface area contributed by atoms with Crippen LogP contribution in [0.5, 0.6) is 0 Å². The average Bonchev–Trinajstić information content (AvgIpc) is 3.28. The zero-order chi connectivity index (χ0) is 18.4. The number of aromatic amines is 1. The first kappa shape index (κ1) is 18.4. The van der Waals surface area contributed by atoms with Crippen molar-refractivity contribution in [3.8, 4) is 5.69 Å². The Kier molecular flexibility index (Phi) is 6.23. The van der Waals surface area contributed by atoms with Crippen LogP contribution in [0.3, 0.4) is 0 Å². The molecule has 1 atom stereocenters. The van der Waals surface area contributed by atoms with Crippen LogP contribution in [0.15, 0.2) is 42.7 Å². The smallest absolute Gasteiger partial charge is 0.0645 e. The van der Waals surface area contributed by atoms with Crippen LogP contribution in [0.2, 0.25) is 0 Å². The molecule has 0 spiro atoms. The SMILES string of the molecule is CCCCc1ccc(-n2cc(CN[C@@H](C)Cc3cc(C)[nH]n3)cn2)cc1. The van der Waals surface area contributed by atoms with Crippen molar-refractivity contribution in [1.29, 1.82) is 0 Å². The second kappa shape index (κ2) is 8.81. The summed E-state index contributed by atoms with van der Waals surface area (Å²) in [5.74, 6) is 0. The summed E-state index contributed by atoms with van der Waals surface area (Å²) in [6.07, 6.45) is 8.57. The van der Waals surface area contributed by atoms with Gasteiger partial charge in [0, 0.05) is 36.5 Å². The molecule has 0 fully saturated rings. The lowest BCUT2D eigenvalue weighted by Crippen LogP contribution is -2.27.